The van der Waals surface area contributed by atoms with Crippen molar-refractivity contribution >= 4 is 10.0 Å². The summed E-state index contributed by atoms with van der Waals surface area (Å²) in [5.74, 6) is 0.597. The smallest absolute Gasteiger partial charge is 0.240 e. The average Bonchev–Trinajstić information content (AvgIpc) is 2.46. The summed E-state index contributed by atoms with van der Waals surface area (Å²) >= 11 is 0. The van der Waals surface area contributed by atoms with Crippen LogP contribution in [-0.2, 0) is 23.0 Å². The molecule has 2 N–H and O–H groups in total. The van der Waals surface area contributed by atoms with Gasteiger partial charge in [0.1, 0.15) is 5.82 Å². The molecule has 0 atom stereocenters. The van der Waals surface area contributed by atoms with Crippen LogP contribution in [0.5, 0.6) is 0 Å². The third kappa shape index (κ3) is 4.32. The van der Waals surface area contributed by atoms with E-state index in [1.165, 1.54) is 12.1 Å². The lowest BCUT2D eigenvalue weighted by Crippen LogP contribution is -2.23. The number of aliphatic hydroxyl groups is 1. The van der Waals surface area contributed by atoms with Gasteiger partial charge in [0.2, 0.25) is 10.0 Å². The summed E-state index contributed by atoms with van der Waals surface area (Å²) in [5, 5.41) is 8.84. The Morgan fingerprint density at radius 3 is 2.52 bits per heavy atom. The van der Waals surface area contributed by atoms with E-state index in [0.717, 1.165) is 5.56 Å². The molecule has 0 saturated carbocycles. The summed E-state index contributed by atoms with van der Waals surface area (Å²) in [6, 6.07) is 8.11. The molecule has 0 amide bonds. The second-order valence-corrected chi connectivity index (χ2v) is 6.30. The first kappa shape index (κ1) is 15.6. The molecule has 112 valence electrons. The van der Waals surface area contributed by atoms with E-state index in [4.69, 9.17) is 5.11 Å². The number of hydrogen-bond acceptors (Lipinski definition) is 5. The molecule has 0 aliphatic heterocycles. The molecule has 0 spiro atoms. The summed E-state index contributed by atoms with van der Waals surface area (Å²) in [4.78, 5) is 8.29. The minimum absolute atomic E-state index is 0.0391. The van der Waals surface area contributed by atoms with Gasteiger partial charge in [-0.05, 0) is 37.1 Å². The summed E-state index contributed by atoms with van der Waals surface area (Å²) in [6.07, 6.45) is 2.10. The molecule has 1 aromatic heterocycles. The van der Waals surface area contributed by atoms with E-state index < -0.39 is 10.0 Å². The Labute approximate surface area is 123 Å². The lowest BCUT2D eigenvalue weighted by atomic mass is 10.2. The number of aliphatic hydroxyl groups excluding tert-OH is 1. The first-order valence-corrected chi connectivity index (χ1v) is 7.97. The molecule has 1 aromatic carbocycles. The molecule has 6 nitrogen and oxygen atoms in total. The van der Waals surface area contributed by atoms with Crippen LogP contribution in [0.15, 0.2) is 41.4 Å². The van der Waals surface area contributed by atoms with Crippen molar-refractivity contribution in [3.05, 3.63) is 53.6 Å². The highest BCUT2D eigenvalue weighted by Gasteiger charge is 2.13. The normalized spacial score (nSPS) is 11.5. The van der Waals surface area contributed by atoms with Gasteiger partial charge in [0.15, 0.2) is 0 Å². The number of hydrogen-bond donors (Lipinski definition) is 2. The van der Waals surface area contributed by atoms with Gasteiger partial charge in [0.05, 0.1) is 17.1 Å². The molecule has 0 aliphatic carbocycles. The van der Waals surface area contributed by atoms with Crippen LogP contribution in [0.1, 0.15) is 17.1 Å². The first-order chi connectivity index (χ1) is 10.0. The van der Waals surface area contributed by atoms with Gasteiger partial charge in [0.25, 0.3) is 0 Å². The fourth-order valence-electron chi connectivity index (χ4n) is 1.82. The van der Waals surface area contributed by atoms with Crippen LogP contribution >= 0.6 is 0 Å². The number of aryl methyl sites for hydroxylation is 1. The van der Waals surface area contributed by atoms with Gasteiger partial charge in [-0.25, -0.2) is 23.1 Å². The molecular weight excluding hydrogens is 290 g/mol. The first-order valence-electron chi connectivity index (χ1n) is 6.49. The molecule has 1 heterocycles. The third-order valence-corrected chi connectivity index (χ3v) is 4.33. The maximum Gasteiger partial charge on any atom is 0.240 e. The standard InChI is InChI=1S/C14H17N3O3S/c1-11-15-8-6-13(17-11)10-16-21(19,20)14-4-2-12(3-5-14)7-9-18/h2-6,8,16,18H,7,9-10H2,1H3. The molecule has 7 heteroatoms. The number of nitrogens with one attached hydrogen (secondary N) is 1. The Bertz CT molecular complexity index is 700. The molecule has 0 bridgehead atoms. The highest BCUT2D eigenvalue weighted by atomic mass is 32.2. The Morgan fingerprint density at radius 1 is 1.19 bits per heavy atom. The quantitative estimate of drug-likeness (QED) is 0.823. The fraction of sp³-hybridized carbons (Fsp3) is 0.286. The van der Waals surface area contributed by atoms with Gasteiger partial charge >= 0.3 is 0 Å². The van der Waals surface area contributed by atoms with Crippen LogP contribution in [-0.4, -0.2) is 30.1 Å². The van der Waals surface area contributed by atoms with Crippen LogP contribution in [0.2, 0.25) is 0 Å². The molecule has 2 rings (SSSR count). The Kier molecular flexibility index (Phi) is 5.00. The third-order valence-electron chi connectivity index (χ3n) is 2.91. The van der Waals surface area contributed by atoms with E-state index in [9.17, 15) is 8.42 Å². The Hall–Kier alpha value is -1.83. The van der Waals surface area contributed by atoms with Gasteiger partial charge in [-0.3, -0.25) is 0 Å². The van der Waals surface area contributed by atoms with Gasteiger partial charge in [-0.15, -0.1) is 0 Å². The van der Waals surface area contributed by atoms with Gasteiger partial charge in [-0.1, -0.05) is 12.1 Å². The van der Waals surface area contributed by atoms with Crippen molar-refractivity contribution in [1.82, 2.24) is 14.7 Å². The van der Waals surface area contributed by atoms with E-state index in [1.807, 2.05) is 0 Å². The molecular formula is C14H17N3O3S. The van der Waals surface area contributed by atoms with Gasteiger partial charge in [-0.2, -0.15) is 0 Å². The van der Waals surface area contributed by atoms with Crippen LogP contribution in [0.3, 0.4) is 0 Å². The van der Waals surface area contributed by atoms with Crippen LogP contribution in [0, 0.1) is 6.92 Å². The topological polar surface area (TPSA) is 92.2 Å². The summed E-state index contributed by atoms with van der Waals surface area (Å²) in [5.41, 5.74) is 1.51. The van der Waals surface area contributed by atoms with E-state index in [-0.39, 0.29) is 18.0 Å². The maximum absolute atomic E-state index is 12.2. The zero-order valence-corrected chi connectivity index (χ0v) is 12.5. The minimum Gasteiger partial charge on any atom is -0.396 e. The summed E-state index contributed by atoms with van der Waals surface area (Å²) in [7, 11) is -3.58. The lowest BCUT2D eigenvalue weighted by Gasteiger charge is -2.07. The Morgan fingerprint density at radius 2 is 1.90 bits per heavy atom. The second kappa shape index (κ2) is 6.75. The van der Waals surface area contributed by atoms with Crippen molar-refractivity contribution in [3.8, 4) is 0 Å². The van der Waals surface area contributed by atoms with Crippen LogP contribution in [0.25, 0.3) is 0 Å². The number of nitrogens with zero attached hydrogens (tertiary/aromatic N) is 2. The lowest BCUT2D eigenvalue weighted by molar-refractivity contribution is 0.299. The zero-order valence-electron chi connectivity index (χ0n) is 11.7. The van der Waals surface area contributed by atoms with Crippen molar-refractivity contribution in [2.75, 3.05) is 6.61 Å². The maximum atomic E-state index is 12.2. The largest absolute Gasteiger partial charge is 0.396 e. The molecule has 0 saturated heterocycles. The number of sulfonamides is 1. The van der Waals surface area contributed by atoms with Gasteiger partial charge in [0, 0.05) is 12.8 Å². The van der Waals surface area contributed by atoms with E-state index in [1.54, 1.807) is 31.3 Å². The van der Waals surface area contributed by atoms with Crippen molar-refractivity contribution in [2.45, 2.75) is 24.8 Å². The molecule has 21 heavy (non-hydrogen) atoms. The summed E-state index contributed by atoms with van der Waals surface area (Å²) in [6.45, 7) is 1.90. The number of aromatic nitrogens is 2. The second-order valence-electron chi connectivity index (χ2n) is 4.54. The van der Waals surface area contributed by atoms with E-state index >= 15 is 0 Å². The Balaban J connectivity index is 2.07. The highest BCUT2D eigenvalue weighted by molar-refractivity contribution is 7.89. The number of rotatable bonds is 6. The van der Waals surface area contributed by atoms with E-state index in [0.29, 0.717) is 17.9 Å². The minimum atomic E-state index is -3.58. The van der Waals surface area contributed by atoms with Crippen molar-refractivity contribution in [1.29, 1.82) is 0 Å². The van der Waals surface area contributed by atoms with Crippen molar-refractivity contribution in [3.63, 3.8) is 0 Å². The van der Waals surface area contributed by atoms with Crippen LogP contribution in [0.4, 0.5) is 0 Å². The monoisotopic (exact) mass is 307 g/mol. The average molecular weight is 307 g/mol. The predicted molar refractivity (Wildman–Crippen MR) is 78.0 cm³/mol. The van der Waals surface area contributed by atoms with Gasteiger partial charge < -0.3 is 5.11 Å². The number of benzene rings is 1. The molecule has 0 unspecified atom stereocenters. The molecule has 0 fully saturated rings. The van der Waals surface area contributed by atoms with Crippen LogP contribution < -0.4 is 4.72 Å². The van der Waals surface area contributed by atoms with E-state index in [2.05, 4.69) is 14.7 Å². The molecule has 0 aliphatic rings. The predicted octanol–water partition coefficient (Wildman–Crippen LogP) is 0.798. The highest BCUT2D eigenvalue weighted by Crippen LogP contribution is 2.11. The SMILES string of the molecule is Cc1nccc(CNS(=O)(=O)c2ccc(CCO)cc2)n1. The molecule has 0 radical (unpaired) electrons. The summed E-state index contributed by atoms with van der Waals surface area (Å²) < 4.78 is 26.8. The van der Waals surface area contributed by atoms with Crippen molar-refractivity contribution < 1.29 is 13.5 Å². The zero-order chi connectivity index (χ0) is 15.3. The molecule has 2 aromatic rings. The van der Waals surface area contributed by atoms with Crippen molar-refractivity contribution in [2.24, 2.45) is 0 Å². The fourth-order valence-corrected chi connectivity index (χ4v) is 2.82.